The van der Waals surface area contributed by atoms with Gasteiger partial charge in [-0.3, -0.25) is 9.59 Å². The molecule has 6 nitrogen and oxygen atoms in total. The summed E-state index contributed by atoms with van der Waals surface area (Å²) >= 11 is 0. The van der Waals surface area contributed by atoms with E-state index in [-0.39, 0.29) is 0 Å². The summed E-state index contributed by atoms with van der Waals surface area (Å²) in [4.78, 5) is 36.7. The van der Waals surface area contributed by atoms with E-state index in [9.17, 15) is 14.4 Å². The van der Waals surface area contributed by atoms with Gasteiger partial charge in [0.2, 0.25) is 0 Å². The Morgan fingerprint density at radius 2 is 1.60 bits per heavy atom. The lowest BCUT2D eigenvalue weighted by molar-refractivity contribution is -0.160. The highest BCUT2D eigenvalue weighted by atomic mass is 16.6. The van der Waals surface area contributed by atoms with Crippen LogP contribution in [0.4, 0.5) is 0 Å². The quantitative estimate of drug-likeness (QED) is 0.611. The van der Waals surface area contributed by atoms with Gasteiger partial charge in [0.1, 0.15) is 6.23 Å². The second-order valence-corrected chi connectivity index (χ2v) is 4.43. The third-order valence-corrected chi connectivity index (χ3v) is 3.12. The summed E-state index contributed by atoms with van der Waals surface area (Å²) in [6.45, 7) is 3.04. The molecule has 2 atom stereocenters. The first-order chi connectivity index (χ1) is 9.47. The Kier molecular flexibility index (Phi) is 3.85. The normalized spacial score (nSPS) is 16.9. The molecule has 2 unspecified atom stereocenters. The van der Waals surface area contributed by atoms with Gasteiger partial charge < -0.3 is 9.47 Å². The molecule has 2 amide bonds. The van der Waals surface area contributed by atoms with E-state index < -0.39 is 30.1 Å². The number of rotatable bonds is 4. The Bertz CT molecular complexity index is 533. The first-order valence-electron chi connectivity index (χ1n) is 6.17. The SMILES string of the molecule is COC(=O)C(C)OC(C)N1C(=O)c2ccccc2C1=O. The fourth-order valence-electron chi connectivity index (χ4n) is 2.12. The molecule has 20 heavy (non-hydrogen) atoms. The summed E-state index contributed by atoms with van der Waals surface area (Å²) in [5.41, 5.74) is 0.692. The predicted molar refractivity (Wildman–Crippen MR) is 69.0 cm³/mol. The Balaban J connectivity index is 2.17. The van der Waals surface area contributed by atoms with E-state index in [1.807, 2.05) is 0 Å². The number of ether oxygens (including phenoxy) is 2. The van der Waals surface area contributed by atoms with E-state index in [1.54, 1.807) is 31.2 Å². The molecule has 0 aromatic heterocycles. The van der Waals surface area contributed by atoms with Crippen molar-refractivity contribution in [1.82, 2.24) is 4.90 Å². The molecular formula is C14H15NO5. The Hall–Kier alpha value is -2.21. The van der Waals surface area contributed by atoms with Gasteiger partial charge in [-0.1, -0.05) is 12.1 Å². The van der Waals surface area contributed by atoms with Crippen LogP contribution in [0, 0.1) is 0 Å². The molecule has 0 spiro atoms. The number of hydrogen-bond acceptors (Lipinski definition) is 5. The zero-order chi connectivity index (χ0) is 14.9. The average Bonchev–Trinajstić information content (AvgIpc) is 2.70. The molecule has 0 saturated carbocycles. The maximum Gasteiger partial charge on any atom is 0.334 e. The fraction of sp³-hybridized carbons (Fsp3) is 0.357. The van der Waals surface area contributed by atoms with Crippen LogP contribution in [0.3, 0.4) is 0 Å². The first-order valence-corrected chi connectivity index (χ1v) is 6.17. The summed E-state index contributed by atoms with van der Waals surface area (Å²) in [6, 6.07) is 6.56. The molecule has 0 fully saturated rings. The molecule has 0 radical (unpaired) electrons. The number of imide groups is 1. The highest BCUT2D eigenvalue weighted by molar-refractivity contribution is 6.21. The third-order valence-electron chi connectivity index (χ3n) is 3.12. The summed E-state index contributed by atoms with van der Waals surface area (Å²) in [5.74, 6) is -1.40. The molecule has 1 aromatic carbocycles. The number of esters is 1. The number of nitrogens with zero attached hydrogens (tertiary/aromatic N) is 1. The molecular weight excluding hydrogens is 262 g/mol. The Labute approximate surface area is 116 Å². The number of hydrogen-bond donors (Lipinski definition) is 0. The molecule has 0 N–H and O–H groups in total. The van der Waals surface area contributed by atoms with Crippen molar-refractivity contribution in [3.63, 3.8) is 0 Å². The average molecular weight is 277 g/mol. The molecule has 2 rings (SSSR count). The van der Waals surface area contributed by atoms with E-state index in [4.69, 9.17) is 4.74 Å². The van der Waals surface area contributed by atoms with E-state index in [1.165, 1.54) is 14.0 Å². The smallest absolute Gasteiger partial charge is 0.334 e. The predicted octanol–water partition coefficient (Wildman–Crippen LogP) is 1.21. The van der Waals surface area contributed by atoms with E-state index in [2.05, 4.69) is 4.74 Å². The van der Waals surface area contributed by atoms with E-state index >= 15 is 0 Å². The summed E-state index contributed by atoms with van der Waals surface area (Å²) in [6.07, 6.45) is -1.71. The van der Waals surface area contributed by atoms with Crippen LogP contribution in [0.25, 0.3) is 0 Å². The zero-order valence-corrected chi connectivity index (χ0v) is 11.5. The Morgan fingerprint density at radius 3 is 2.05 bits per heavy atom. The van der Waals surface area contributed by atoms with Gasteiger partial charge in [-0.15, -0.1) is 0 Å². The molecule has 0 bridgehead atoms. The van der Waals surface area contributed by atoms with Crippen molar-refractivity contribution in [2.45, 2.75) is 26.2 Å². The van der Waals surface area contributed by atoms with Crippen LogP contribution in [0.5, 0.6) is 0 Å². The number of benzene rings is 1. The number of amides is 2. The van der Waals surface area contributed by atoms with Gasteiger partial charge in [0, 0.05) is 0 Å². The molecule has 106 valence electrons. The number of fused-ring (bicyclic) bond motifs is 1. The molecule has 1 heterocycles. The van der Waals surface area contributed by atoms with Crippen LogP contribution in [0.1, 0.15) is 34.6 Å². The number of carbonyl (C=O) groups excluding carboxylic acids is 3. The maximum absolute atomic E-state index is 12.2. The monoisotopic (exact) mass is 277 g/mol. The van der Waals surface area contributed by atoms with Crippen molar-refractivity contribution in [1.29, 1.82) is 0 Å². The van der Waals surface area contributed by atoms with Crippen molar-refractivity contribution >= 4 is 17.8 Å². The second-order valence-electron chi connectivity index (χ2n) is 4.43. The van der Waals surface area contributed by atoms with Crippen LogP contribution >= 0.6 is 0 Å². The minimum absolute atomic E-state index is 0.346. The Morgan fingerprint density at radius 1 is 1.10 bits per heavy atom. The second kappa shape index (κ2) is 5.42. The standard InChI is InChI=1S/C14H15NO5/c1-8(14(18)19-3)20-9(2)15-12(16)10-6-4-5-7-11(10)13(15)17/h4-9H,1-3H3. The van der Waals surface area contributed by atoms with Crippen molar-refractivity contribution in [2.24, 2.45) is 0 Å². The van der Waals surface area contributed by atoms with Crippen LogP contribution in [-0.4, -0.2) is 42.1 Å². The van der Waals surface area contributed by atoms with Crippen molar-refractivity contribution in [3.05, 3.63) is 35.4 Å². The molecule has 1 aliphatic heterocycles. The minimum atomic E-state index is -0.862. The molecule has 1 aromatic rings. The van der Waals surface area contributed by atoms with Crippen molar-refractivity contribution in [3.8, 4) is 0 Å². The maximum atomic E-state index is 12.2. The number of carbonyl (C=O) groups is 3. The van der Waals surface area contributed by atoms with Gasteiger partial charge in [-0.2, -0.15) is 0 Å². The molecule has 0 saturated heterocycles. The highest BCUT2D eigenvalue weighted by Gasteiger charge is 2.39. The fourth-order valence-corrected chi connectivity index (χ4v) is 2.12. The van der Waals surface area contributed by atoms with Crippen LogP contribution in [0.15, 0.2) is 24.3 Å². The third kappa shape index (κ3) is 2.30. The van der Waals surface area contributed by atoms with Gasteiger partial charge in [-0.25, -0.2) is 9.69 Å². The van der Waals surface area contributed by atoms with Gasteiger partial charge >= 0.3 is 5.97 Å². The van der Waals surface area contributed by atoms with Crippen molar-refractivity contribution in [2.75, 3.05) is 7.11 Å². The highest BCUT2D eigenvalue weighted by Crippen LogP contribution is 2.25. The van der Waals surface area contributed by atoms with Crippen LogP contribution < -0.4 is 0 Å². The minimum Gasteiger partial charge on any atom is -0.467 e. The van der Waals surface area contributed by atoms with E-state index in [0.29, 0.717) is 11.1 Å². The van der Waals surface area contributed by atoms with Gasteiger partial charge in [0.05, 0.1) is 18.2 Å². The van der Waals surface area contributed by atoms with Crippen LogP contribution in [-0.2, 0) is 14.3 Å². The summed E-state index contributed by atoms with van der Waals surface area (Å²) in [5, 5.41) is 0. The number of methoxy groups -OCH3 is 1. The molecule has 0 aliphatic carbocycles. The molecule has 6 heteroatoms. The van der Waals surface area contributed by atoms with Gasteiger partial charge in [-0.05, 0) is 26.0 Å². The topological polar surface area (TPSA) is 72.9 Å². The summed E-state index contributed by atoms with van der Waals surface area (Å²) < 4.78 is 9.91. The first kappa shape index (κ1) is 14.2. The zero-order valence-electron chi connectivity index (χ0n) is 11.5. The van der Waals surface area contributed by atoms with Crippen molar-refractivity contribution < 1.29 is 23.9 Å². The largest absolute Gasteiger partial charge is 0.467 e. The van der Waals surface area contributed by atoms with E-state index in [0.717, 1.165) is 4.90 Å². The van der Waals surface area contributed by atoms with Gasteiger partial charge in [0.15, 0.2) is 6.10 Å². The van der Waals surface area contributed by atoms with Gasteiger partial charge in [0.25, 0.3) is 11.8 Å². The summed E-state index contributed by atoms with van der Waals surface area (Å²) in [7, 11) is 1.24. The van der Waals surface area contributed by atoms with Crippen LogP contribution in [0.2, 0.25) is 0 Å². The lowest BCUT2D eigenvalue weighted by atomic mass is 10.1. The molecule has 1 aliphatic rings. The lowest BCUT2D eigenvalue weighted by Crippen LogP contribution is -2.42. The lowest BCUT2D eigenvalue weighted by Gasteiger charge is -2.24.